The monoisotopic (exact) mass is 231 g/mol. The zero-order chi connectivity index (χ0) is 12.1. The summed E-state index contributed by atoms with van der Waals surface area (Å²) < 4.78 is 10.8. The first kappa shape index (κ1) is 11.9. The van der Waals surface area contributed by atoms with Gasteiger partial charge in [-0.05, 0) is 31.9 Å². The van der Waals surface area contributed by atoms with Crippen LogP contribution in [0.3, 0.4) is 0 Å². The summed E-state index contributed by atoms with van der Waals surface area (Å²) >= 11 is 0. The van der Waals surface area contributed by atoms with Gasteiger partial charge >= 0.3 is 0 Å². The van der Waals surface area contributed by atoms with Crippen molar-refractivity contribution in [3.63, 3.8) is 0 Å². The van der Waals surface area contributed by atoms with Crippen molar-refractivity contribution in [1.82, 2.24) is 4.98 Å². The van der Waals surface area contributed by atoms with E-state index in [1.807, 2.05) is 26.0 Å². The molecule has 90 valence electrons. The Kier molecular flexibility index (Phi) is 3.94. The zero-order valence-electron chi connectivity index (χ0n) is 10.2. The van der Waals surface area contributed by atoms with E-state index in [-0.39, 0.29) is 6.10 Å². The maximum atomic E-state index is 5.54. The molecule has 17 heavy (non-hydrogen) atoms. The van der Waals surface area contributed by atoms with Crippen molar-refractivity contribution in [3.8, 4) is 11.3 Å². The predicted octanol–water partition coefficient (Wildman–Crippen LogP) is 3.31. The van der Waals surface area contributed by atoms with Crippen LogP contribution >= 0.6 is 0 Å². The van der Waals surface area contributed by atoms with Crippen molar-refractivity contribution < 1.29 is 9.15 Å². The molecule has 0 bridgehead atoms. The summed E-state index contributed by atoms with van der Waals surface area (Å²) in [6, 6.07) is 8.27. The van der Waals surface area contributed by atoms with E-state index in [1.165, 1.54) is 12.0 Å². The number of hydrogen-bond donors (Lipinski definition) is 0. The van der Waals surface area contributed by atoms with Crippen LogP contribution in [0.25, 0.3) is 11.3 Å². The molecule has 1 aromatic carbocycles. The SMILES string of the molecule is CC(C)OCCc1cccc(-c2cnco2)c1. The van der Waals surface area contributed by atoms with Crippen molar-refractivity contribution in [3.05, 3.63) is 42.4 Å². The van der Waals surface area contributed by atoms with Gasteiger partial charge in [-0.1, -0.05) is 18.2 Å². The summed E-state index contributed by atoms with van der Waals surface area (Å²) in [6.07, 6.45) is 4.38. The van der Waals surface area contributed by atoms with Gasteiger partial charge in [-0.3, -0.25) is 0 Å². The minimum absolute atomic E-state index is 0.285. The highest BCUT2D eigenvalue weighted by atomic mass is 16.5. The highest BCUT2D eigenvalue weighted by molar-refractivity contribution is 5.57. The molecule has 3 nitrogen and oxygen atoms in total. The number of aromatic nitrogens is 1. The zero-order valence-corrected chi connectivity index (χ0v) is 10.2. The van der Waals surface area contributed by atoms with Crippen LogP contribution in [-0.2, 0) is 11.2 Å². The van der Waals surface area contributed by atoms with Crippen molar-refractivity contribution in [2.24, 2.45) is 0 Å². The topological polar surface area (TPSA) is 35.3 Å². The fourth-order valence-electron chi connectivity index (χ4n) is 1.65. The molecule has 0 saturated heterocycles. The van der Waals surface area contributed by atoms with Crippen molar-refractivity contribution in [1.29, 1.82) is 0 Å². The second-order valence-corrected chi connectivity index (χ2v) is 4.24. The largest absolute Gasteiger partial charge is 0.444 e. The first-order valence-electron chi connectivity index (χ1n) is 5.85. The second kappa shape index (κ2) is 5.64. The maximum absolute atomic E-state index is 5.54. The van der Waals surface area contributed by atoms with Crippen LogP contribution in [0.1, 0.15) is 19.4 Å². The fraction of sp³-hybridized carbons (Fsp3) is 0.357. The van der Waals surface area contributed by atoms with Crippen LogP contribution in [0, 0.1) is 0 Å². The van der Waals surface area contributed by atoms with E-state index in [1.54, 1.807) is 6.20 Å². The lowest BCUT2D eigenvalue weighted by Crippen LogP contribution is -2.05. The van der Waals surface area contributed by atoms with Crippen LogP contribution in [0.2, 0.25) is 0 Å². The van der Waals surface area contributed by atoms with Gasteiger partial charge in [0.05, 0.1) is 18.9 Å². The first-order chi connectivity index (χ1) is 8.25. The summed E-state index contributed by atoms with van der Waals surface area (Å²) in [4.78, 5) is 3.92. The summed E-state index contributed by atoms with van der Waals surface area (Å²) in [6.45, 7) is 4.84. The normalized spacial score (nSPS) is 11.0. The van der Waals surface area contributed by atoms with Gasteiger partial charge < -0.3 is 9.15 Å². The Morgan fingerprint density at radius 3 is 2.94 bits per heavy atom. The molecule has 1 aromatic heterocycles. The molecule has 0 radical (unpaired) electrons. The molecule has 0 saturated carbocycles. The average molecular weight is 231 g/mol. The lowest BCUT2D eigenvalue weighted by atomic mass is 10.1. The fourth-order valence-corrected chi connectivity index (χ4v) is 1.65. The molecule has 0 fully saturated rings. The Balaban J connectivity index is 2.02. The summed E-state index contributed by atoms with van der Waals surface area (Å²) in [7, 11) is 0. The molecular weight excluding hydrogens is 214 g/mol. The van der Waals surface area contributed by atoms with Gasteiger partial charge in [0.2, 0.25) is 0 Å². The lowest BCUT2D eigenvalue weighted by molar-refractivity contribution is 0.0813. The predicted molar refractivity (Wildman–Crippen MR) is 66.7 cm³/mol. The van der Waals surface area contributed by atoms with Gasteiger partial charge in [-0.15, -0.1) is 0 Å². The van der Waals surface area contributed by atoms with Crippen molar-refractivity contribution in [2.45, 2.75) is 26.4 Å². The highest BCUT2D eigenvalue weighted by Gasteiger charge is 2.02. The minimum atomic E-state index is 0.285. The molecule has 2 aromatic rings. The third kappa shape index (κ3) is 3.43. The van der Waals surface area contributed by atoms with E-state index in [0.717, 1.165) is 24.4 Å². The summed E-state index contributed by atoms with van der Waals surface area (Å²) in [5, 5.41) is 0. The summed E-state index contributed by atoms with van der Waals surface area (Å²) in [5.41, 5.74) is 2.31. The van der Waals surface area contributed by atoms with E-state index in [9.17, 15) is 0 Å². The average Bonchev–Trinajstić information content (AvgIpc) is 2.82. The van der Waals surface area contributed by atoms with Crippen LogP contribution in [0.4, 0.5) is 0 Å². The van der Waals surface area contributed by atoms with Gasteiger partial charge in [0, 0.05) is 5.56 Å². The number of ether oxygens (including phenoxy) is 1. The van der Waals surface area contributed by atoms with Crippen LogP contribution in [0.15, 0.2) is 41.3 Å². The molecule has 0 N–H and O–H groups in total. The third-order valence-electron chi connectivity index (χ3n) is 2.49. The molecule has 0 aliphatic heterocycles. The smallest absolute Gasteiger partial charge is 0.181 e. The quantitative estimate of drug-likeness (QED) is 0.792. The molecule has 0 unspecified atom stereocenters. The van der Waals surface area contributed by atoms with Crippen molar-refractivity contribution in [2.75, 3.05) is 6.61 Å². The van der Waals surface area contributed by atoms with Gasteiger partial charge in [0.1, 0.15) is 0 Å². The van der Waals surface area contributed by atoms with E-state index in [2.05, 4.69) is 17.1 Å². The first-order valence-corrected chi connectivity index (χ1v) is 5.85. The van der Waals surface area contributed by atoms with Gasteiger partial charge in [0.25, 0.3) is 0 Å². The number of hydrogen-bond acceptors (Lipinski definition) is 3. The lowest BCUT2D eigenvalue weighted by Gasteiger charge is -2.07. The van der Waals surface area contributed by atoms with E-state index < -0.39 is 0 Å². The van der Waals surface area contributed by atoms with Gasteiger partial charge in [-0.2, -0.15) is 0 Å². The number of oxazole rings is 1. The Morgan fingerprint density at radius 1 is 1.35 bits per heavy atom. The Morgan fingerprint density at radius 2 is 2.24 bits per heavy atom. The Labute approximate surface area is 101 Å². The Bertz CT molecular complexity index is 449. The molecule has 0 amide bonds. The van der Waals surface area contributed by atoms with E-state index >= 15 is 0 Å². The number of nitrogens with zero attached hydrogens (tertiary/aromatic N) is 1. The number of benzene rings is 1. The molecular formula is C14H17NO2. The minimum Gasteiger partial charge on any atom is -0.444 e. The van der Waals surface area contributed by atoms with Gasteiger partial charge in [-0.25, -0.2) is 4.98 Å². The van der Waals surface area contributed by atoms with Gasteiger partial charge in [0.15, 0.2) is 12.2 Å². The molecule has 3 heteroatoms. The maximum Gasteiger partial charge on any atom is 0.181 e. The number of rotatable bonds is 5. The Hall–Kier alpha value is -1.61. The van der Waals surface area contributed by atoms with Crippen LogP contribution in [0.5, 0.6) is 0 Å². The molecule has 0 atom stereocenters. The second-order valence-electron chi connectivity index (χ2n) is 4.24. The summed E-state index contributed by atoms with van der Waals surface area (Å²) in [5.74, 6) is 0.802. The van der Waals surface area contributed by atoms with Crippen LogP contribution < -0.4 is 0 Å². The standard InChI is InChI=1S/C14H17NO2/c1-11(2)16-7-6-12-4-3-5-13(8-12)14-9-15-10-17-14/h3-5,8-11H,6-7H2,1-2H3. The molecule has 0 spiro atoms. The van der Waals surface area contributed by atoms with Crippen LogP contribution in [-0.4, -0.2) is 17.7 Å². The molecule has 0 aliphatic carbocycles. The van der Waals surface area contributed by atoms with E-state index in [0.29, 0.717) is 0 Å². The third-order valence-corrected chi connectivity index (χ3v) is 2.49. The molecule has 1 heterocycles. The van der Waals surface area contributed by atoms with E-state index in [4.69, 9.17) is 9.15 Å². The molecule has 2 rings (SSSR count). The van der Waals surface area contributed by atoms with Crippen molar-refractivity contribution >= 4 is 0 Å². The molecule has 0 aliphatic rings. The highest BCUT2D eigenvalue weighted by Crippen LogP contribution is 2.19.